The molecule has 0 aliphatic carbocycles. The van der Waals surface area contributed by atoms with E-state index in [4.69, 9.17) is 5.11 Å². The molecule has 11 heteroatoms. The summed E-state index contributed by atoms with van der Waals surface area (Å²) in [7, 11) is -8.43. The molecule has 0 radical (unpaired) electrons. The Morgan fingerprint density at radius 1 is 1.14 bits per heavy atom. The fraction of sp³-hybridized carbons (Fsp3) is 1.00. The summed E-state index contributed by atoms with van der Waals surface area (Å²) >= 11 is 0. The zero-order chi connectivity index (χ0) is 11.2. The molecular weight excluding hydrogens is 242 g/mol. The van der Waals surface area contributed by atoms with Crippen molar-refractivity contribution in [2.75, 3.05) is 20.7 Å². The van der Waals surface area contributed by atoms with Crippen molar-refractivity contribution < 1.29 is 42.1 Å². The molecule has 0 heterocycles. The number of hydrogen-bond acceptors (Lipinski definition) is 9. The molecule has 0 aliphatic rings. The molecule has 0 amide bonds. The van der Waals surface area contributed by atoms with Crippen molar-refractivity contribution in [2.24, 2.45) is 0 Å². The molecular formula is C3H8O9P2-2. The maximum Gasteiger partial charge on any atom is 0.272 e. The van der Waals surface area contributed by atoms with Crippen molar-refractivity contribution in [3.8, 4) is 0 Å². The molecule has 2 unspecified atom stereocenters. The summed E-state index contributed by atoms with van der Waals surface area (Å²) in [6.07, 6.45) is 0. The number of rotatable bonds is 7. The SMILES string of the molecule is COP(=O)([O-])OCOP(=O)([O-])OCO. The van der Waals surface area contributed by atoms with Gasteiger partial charge in [0.05, 0.1) is 0 Å². The van der Waals surface area contributed by atoms with Crippen molar-refractivity contribution in [2.45, 2.75) is 0 Å². The van der Waals surface area contributed by atoms with E-state index in [1.54, 1.807) is 0 Å². The Bertz CT molecular complexity index is 250. The number of phosphoric acid groups is 2. The molecule has 0 aromatic heterocycles. The minimum absolute atomic E-state index is 0.828. The molecule has 86 valence electrons. The molecule has 0 saturated heterocycles. The molecule has 0 bridgehead atoms. The Morgan fingerprint density at radius 3 is 2.07 bits per heavy atom. The van der Waals surface area contributed by atoms with Crippen LogP contribution >= 0.6 is 15.6 Å². The molecule has 2 atom stereocenters. The number of aliphatic hydroxyl groups excluding tert-OH is 1. The Hall–Kier alpha value is 0.180. The summed E-state index contributed by atoms with van der Waals surface area (Å²) in [6, 6.07) is 0. The third-order valence-electron chi connectivity index (χ3n) is 0.861. The normalized spacial score (nSPS) is 20.0. The second kappa shape index (κ2) is 5.92. The maximum atomic E-state index is 10.5. The molecule has 0 aliphatic heterocycles. The highest BCUT2D eigenvalue weighted by Crippen LogP contribution is 2.41. The molecule has 0 spiro atoms. The molecule has 0 aromatic carbocycles. The lowest BCUT2D eigenvalue weighted by Gasteiger charge is -2.24. The summed E-state index contributed by atoms with van der Waals surface area (Å²) in [4.78, 5) is 21.0. The van der Waals surface area contributed by atoms with Crippen LogP contribution in [-0.2, 0) is 27.2 Å². The van der Waals surface area contributed by atoms with Crippen molar-refractivity contribution in [3.63, 3.8) is 0 Å². The van der Waals surface area contributed by atoms with Gasteiger partial charge in [-0.25, -0.2) is 0 Å². The smallest absolute Gasteiger partial charge is 0.272 e. The zero-order valence-corrected chi connectivity index (χ0v) is 8.81. The van der Waals surface area contributed by atoms with Crippen LogP contribution in [0.25, 0.3) is 0 Å². The Morgan fingerprint density at radius 2 is 1.64 bits per heavy atom. The van der Waals surface area contributed by atoms with Gasteiger partial charge in [0.25, 0.3) is 15.6 Å². The molecule has 0 aromatic rings. The quantitative estimate of drug-likeness (QED) is 0.423. The fourth-order valence-electron chi connectivity index (χ4n) is 0.313. The number of aliphatic hydroxyl groups is 1. The number of hydrogen-bond donors (Lipinski definition) is 1. The van der Waals surface area contributed by atoms with Gasteiger partial charge in [-0.3, -0.25) is 22.7 Å². The van der Waals surface area contributed by atoms with Crippen molar-refractivity contribution in [3.05, 3.63) is 0 Å². The van der Waals surface area contributed by atoms with Gasteiger partial charge in [-0.2, -0.15) is 0 Å². The third kappa shape index (κ3) is 6.61. The highest BCUT2D eigenvalue weighted by atomic mass is 31.2. The van der Waals surface area contributed by atoms with Gasteiger partial charge in [-0.05, 0) is 0 Å². The lowest BCUT2D eigenvalue weighted by molar-refractivity contribution is -0.245. The van der Waals surface area contributed by atoms with Crippen LogP contribution in [0.5, 0.6) is 0 Å². The van der Waals surface area contributed by atoms with E-state index in [0.717, 1.165) is 7.11 Å². The summed E-state index contributed by atoms with van der Waals surface area (Å²) in [5.41, 5.74) is 0. The Balaban J connectivity index is 3.85. The third-order valence-corrected chi connectivity index (χ3v) is 2.58. The Labute approximate surface area is 79.4 Å². The monoisotopic (exact) mass is 250 g/mol. The molecule has 9 nitrogen and oxygen atoms in total. The first-order chi connectivity index (χ1) is 6.33. The van der Waals surface area contributed by atoms with E-state index in [1.165, 1.54) is 0 Å². The summed E-state index contributed by atoms with van der Waals surface area (Å²) in [6.45, 7) is -2.23. The van der Waals surface area contributed by atoms with Crippen molar-refractivity contribution in [1.82, 2.24) is 0 Å². The van der Waals surface area contributed by atoms with Gasteiger partial charge < -0.3 is 19.4 Å². The predicted molar refractivity (Wildman–Crippen MR) is 37.4 cm³/mol. The van der Waals surface area contributed by atoms with Crippen LogP contribution in [0.3, 0.4) is 0 Å². The lowest BCUT2D eigenvalue weighted by atomic mass is 11.6. The maximum absolute atomic E-state index is 10.5. The van der Waals surface area contributed by atoms with Gasteiger partial charge in [0.1, 0.15) is 0 Å². The van der Waals surface area contributed by atoms with Gasteiger partial charge in [-0.1, -0.05) is 0 Å². The van der Waals surface area contributed by atoms with E-state index in [2.05, 4.69) is 18.1 Å². The van der Waals surface area contributed by atoms with Crippen LogP contribution in [0, 0.1) is 0 Å². The molecule has 0 rings (SSSR count). The van der Waals surface area contributed by atoms with Crippen LogP contribution < -0.4 is 9.79 Å². The van der Waals surface area contributed by atoms with Gasteiger partial charge >= 0.3 is 0 Å². The molecule has 0 saturated carbocycles. The zero-order valence-electron chi connectivity index (χ0n) is 7.02. The topological polar surface area (TPSA) is 137 Å². The van der Waals surface area contributed by atoms with Gasteiger partial charge in [-0.15, -0.1) is 0 Å². The van der Waals surface area contributed by atoms with E-state index in [0.29, 0.717) is 0 Å². The summed E-state index contributed by atoms with van der Waals surface area (Å²) < 4.78 is 36.2. The van der Waals surface area contributed by atoms with Crippen molar-refractivity contribution >= 4 is 15.6 Å². The van der Waals surface area contributed by atoms with E-state index in [1.807, 2.05) is 0 Å². The number of phosphoric ester groups is 2. The predicted octanol–water partition coefficient (Wildman–Crippen LogP) is -1.47. The largest absolute Gasteiger partial charge is 0.756 e. The molecule has 14 heavy (non-hydrogen) atoms. The van der Waals surface area contributed by atoms with E-state index >= 15 is 0 Å². The Kier molecular flexibility index (Phi) is 5.99. The summed E-state index contributed by atoms with van der Waals surface area (Å²) in [5.74, 6) is 0. The average molecular weight is 250 g/mol. The molecule has 0 fully saturated rings. The molecule has 1 N–H and O–H groups in total. The second-order valence-electron chi connectivity index (χ2n) is 1.71. The first-order valence-corrected chi connectivity index (χ1v) is 5.97. The van der Waals surface area contributed by atoms with Crippen LogP contribution in [0.2, 0.25) is 0 Å². The van der Waals surface area contributed by atoms with Crippen LogP contribution in [0.1, 0.15) is 0 Å². The van der Waals surface area contributed by atoms with Crippen LogP contribution in [0.15, 0.2) is 0 Å². The standard InChI is InChI=1S/C3H10O9P2/c1-9-13(5,6)11-3-12-14(7,8)10-2-4/h4H,2-3H2,1H3,(H,5,6)(H,7,8)/p-2. The average Bonchev–Trinajstić information content (AvgIpc) is 2.03. The highest BCUT2D eigenvalue weighted by molar-refractivity contribution is 7.46. The first kappa shape index (κ1) is 14.2. The van der Waals surface area contributed by atoms with E-state index in [-0.39, 0.29) is 0 Å². The lowest BCUT2D eigenvalue weighted by Crippen LogP contribution is -2.13. The van der Waals surface area contributed by atoms with Crippen LogP contribution in [-0.4, -0.2) is 25.8 Å². The van der Waals surface area contributed by atoms with E-state index < -0.39 is 29.2 Å². The summed E-state index contributed by atoms with van der Waals surface area (Å²) in [5, 5.41) is 8.05. The highest BCUT2D eigenvalue weighted by Gasteiger charge is 2.11. The van der Waals surface area contributed by atoms with E-state index in [9.17, 15) is 18.9 Å². The van der Waals surface area contributed by atoms with Crippen molar-refractivity contribution in [1.29, 1.82) is 0 Å². The first-order valence-electron chi connectivity index (χ1n) is 3.05. The fourth-order valence-corrected chi connectivity index (χ4v) is 1.08. The second-order valence-corrected chi connectivity index (χ2v) is 4.64. The van der Waals surface area contributed by atoms with Crippen LogP contribution in [0.4, 0.5) is 0 Å². The minimum atomic E-state index is -4.73. The minimum Gasteiger partial charge on any atom is -0.756 e. The van der Waals surface area contributed by atoms with Gasteiger partial charge in [0.2, 0.25) is 0 Å². The van der Waals surface area contributed by atoms with Gasteiger partial charge in [0, 0.05) is 7.11 Å². The van der Waals surface area contributed by atoms with Gasteiger partial charge in [0.15, 0.2) is 13.6 Å².